The minimum absolute atomic E-state index is 0.628. The Morgan fingerprint density at radius 1 is 1.19 bits per heavy atom. The molecular formula is C26H35N3O2S. The van der Waals surface area contributed by atoms with E-state index in [-0.39, 0.29) is 0 Å². The summed E-state index contributed by atoms with van der Waals surface area (Å²) in [6.45, 7) is 7.74. The molecule has 0 bridgehead atoms. The van der Waals surface area contributed by atoms with E-state index >= 15 is 0 Å². The maximum atomic E-state index is 5.84. The fraction of sp³-hybridized carbons (Fsp3) is 0.462. The standard InChI is InChI=1S/C26H35N3O2S/c1-3-30-24-13-12-23(25(17-24)31-4-2)14-16-28-26(32)29(19-21-9-6-5-7-10-21)20-22-11-8-15-27-18-22/h5-6,8,11-13,15,17-18,21H,3-4,7,9-10,14,16,19-20H2,1-2H3,(H,28,32)/t21-/m0/s1. The topological polar surface area (TPSA) is 46.6 Å². The molecule has 1 aliphatic carbocycles. The quantitative estimate of drug-likeness (QED) is 0.375. The molecule has 0 unspecified atom stereocenters. The van der Waals surface area contributed by atoms with Crippen LogP contribution in [0.4, 0.5) is 0 Å². The van der Waals surface area contributed by atoms with Gasteiger partial charge >= 0.3 is 0 Å². The van der Waals surface area contributed by atoms with E-state index in [0.717, 1.165) is 61.1 Å². The van der Waals surface area contributed by atoms with Gasteiger partial charge in [-0.3, -0.25) is 4.98 Å². The molecule has 1 heterocycles. The van der Waals surface area contributed by atoms with Gasteiger partial charge in [-0.25, -0.2) is 0 Å². The summed E-state index contributed by atoms with van der Waals surface area (Å²) in [5.74, 6) is 2.35. The molecule has 0 amide bonds. The Morgan fingerprint density at radius 3 is 2.78 bits per heavy atom. The number of hydrogen-bond acceptors (Lipinski definition) is 4. The minimum Gasteiger partial charge on any atom is -0.494 e. The van der Waals surface area contributed by atoms with Crippen LogP contribution >= 0.6 is 12.2 Å². The maximum absolute atomic E-state index is 5.84. The van der Waals surface area contributed by atoms with E-state index in [4.69, 9.17) is 21.7 Å². The lowest BCUT2D eigenvalue weighted by Gasteiger charge is -2.30. The molecule has 0 spiro atoms. The van der Waals surface area contributed by atoms with E-state index < -0.39 is 0 Å². The van der Waals surface area contributed by atoms with Gasteiger partial charge in [0, 0.05) is 38.1 Å². The van der Waals surface area contributed by atoms with Crippen LogP contribution in [0.25, 0.3) is 0 Å². The van der Waals surface area contributed by atoms with Crippen molar-refractivity contribution in [3.05, 3.63) is 66.0 Å². The Labute approximate surface area is 197 Å². The lowest BCUT2D eigenvalue weighted by atomic mass is 9.94. The lowest BCUT2D eigenvalue weighted by Crippen LogP contribution is -2.42. The number of ether oxygens (including phenoxy) is 2. The molecule has 1 aromatic heterocycles. The average molecular weight is 454 g/mol. The summed E-state index contributed by atoms with van der Waals surface area (Å²) in [6, 6.07) is 10.2. The van der Waals surface area contributed by atoms with Crippen LogP contribution in [0.2, 0.25) is 0 Å². The smallest absolute Gasteiger partial charge is 0.169 e. The molecule has 0 aliphatic heterocycles. The number of rotatable bonds is 11. The van der Waals surface area contributed by atoms with Crippen LogP contribution in [0, 0.1) is 5.92 Å². The third kappa shape index (κ3) is 7.52. The molecule has 2 aromatic rings. The number of thiocarbonyl (C=S) groups is 1. The van der Waals surface area contributed by atoms with E-state index in [1.54, 1.807) is 0 Å². The highest BCUT2D eigenvalue weighted by molar-refractivity contribution is 7.80. The molecule has 5 nitrogen and oxygen atoms in total. The predicted octanol–water partition coefficient (Wildman–Crippen LogP) is 5.15. The van der Waals surface area contributed by atoms with Crippen molar-refractivity contribution in [2.45, 2.75) is 46.1 Å². The second-order valence-corrected chi connectivity index (χ2v) is 8.40. The second kappa shape index (κ2) is 13.1. The van der Waals surface area contributed by atoms with Gasteiger partial charge in [0.2, 0.25) is 0 Å². The summed E-state index contributed by atoms with van der Waals surface area (Å²) in [5.41, 5.74) is 2.33. The number of hydrogen-bond donors (Lipinski definition) is 1. The van der Waals surface area contributed by atoms with Gasteiger partial charge in [-0.15, -0.1) is 0 Å². The number of allylic oxidation sites excluding steroid dienone is 2. The van der Waals surface area contributed by atoms with Crippen molar-refractivity contribution in [3.63, 3.8) is 0 Å². The van der Waals surface area contributed by atoms with Crippen molar-refractivity contribution < 1.29 is 9.47 Å². The van der Waals surface area contributed by atoms with Crippen LogP contribution in [-0.4, -0.2) is 41.3 Å². The van der Waals surface area contributed by atoms with E-state index in [9.17, 15) is 0 Å². The van der Waals surface area contributed by atoms with Gasteiger partial charge in [-0.1, -0.05) is 24.3 Å². The number of nitrogens with one attached hydrogen (secondary N) is 1. The maximum Gasteiger partial charge on any atom is 0.169 e. The van der Waals surface area contributed by atoms with Crippen molar-refractivity contribution in [3.8, 4) is 11.5 Å². The van der Waals surface area contributed by atoms with Gasteiger partial charge in [0.25, 0.3) is 0 Å². The highest BCUT2D eigenvalue weighted by atomic mass is 32.1. The van der Waals surface area contributed by atoms with Gasteiger partial charge in [-0.05, 0) is 80.9 Å². The normalized spacial score (nSPS) is 15.2. The first kappa shape index (κ1) is 24.1. The second-order valence-electron chi connectivity index (χ2n) is 8.01. The first-order valence-electron chi connectivity index (χ1n) is 11.6. The van der Waals surface area contributed by atoms with Crippen molar-refractivity contribution in [1.29, 1.82) is 0 Å². The molecule has 0 radical (unpaired) electrons. The molecule has 1 aromatic carbocycles. The summed E-state index contributed by atoms with van der Waals surface area (Å²) in [5, 5.41) is 4.28. The number of pyridine rings is 1. The first-order chi connectivity index (χ1) is 15.7. The van der Waals surface area contributed by atoms with Gasteiger partial charge in [0.15, 0.2) is 5.11 Å². The molecule has 1 atom stereocenters. The Balaban J connectivity index is 1.60. The van der Waals surface area contributed by atoms with Crippen LogP contribution in [0.15, 0.2) is 54.9 Å². The van der Waals surface area contributed by atoms with Gasteiger partial charge < -0.3 is 19.7 Å². The van der Waals surface area contributed by atoms with Crippen LogP contribution in [0.1, 0.15) is 44.2 Å². The molecule has 172 valence electrons. The van der Waals surface area contributed by atoms with Crippen LogP contribution in [0.3, 0.4) is 0 Å². The summed E-state index contributed by atoms with van der Waals surface area (Å²) < 4.78 is 11.5. The van der Waals surface area contributed by atoms with Gasteiger partial charge in [-0.2, -0.15) is 0 Å². The van der Waals surface area contributed by atoms with Gasteiger partial charge in [0.05, 0.1) is 13.2 Å². The Bertz CT molecular complexity index is 873. The third-order valence-corrected chi connectivity index (χ3v) is 5.96. The molecular weight excluding hydrogens is 418 g/mol. The van der Waals surface area contributed by atoms with E-state index in [0.29, 0.717) is 19.1 Å². The molecule has 6 heteroatoms. The van der Waals surface area contributed by atoms with Gasteiger partial charge in [0.1, 0.15) is 11.5 Å². The molecule has 1 aliphatic rings. The lowest BCUT2D eigenvalue weighted by molar-refractivity contribution is 0.311. The summed E-state index contributed by atoms with van der Waals surface area (Å²) in [4.78, 5) is 6.56. The van der Waals surface area contributed by atoms with Crippen molar-refractivity contribution in [1.82, 2.24) is 15.2 Å². The Hall–Kier alpha value is -2.60. The van der Waals surface area contributed by atoms with E-state index in [1.165, 1.54) is 12.0 Å². The third-order valence-electron chi connectivity index (χ3n) is 5.56. The highest BCUT2D eigenvalue weighted by Crippen LogP contribution is 2.25. The molecule has 0 fully saturated rings. The van der Waals surface area contributed by atoms with Crippen molar-refractivity contribution in [2.24, 2.45) is 5.92 Å². The molecule has 3 rings (SSSR count). The fourth-order valence-electron chi connectivity index (χ4n) is 3.97. The molecule has 0 saturated heterocycles. The Kier molecular flexibility index (Phi) is 9.82. The first-order valence-corrected chi connectivity index (χ1v) is 12.1. The zero-order chi connectivity index (χ0) is 22.6. The van der Waals surface area contributed by atoms with Crippen molar-refractivity contribution in [2.75, 3.05) is 26.3 Å². The molecule has 1 N–H and O–H groups in total. The SMILES string of the molecule is CCOc1ccc(CCNC(=S)N(Cc2cccnc2)C[C@H]2CC=CCC2)c(OCC)c1. The molecule has 0 saturated carbocycles. The largest absolute Gasteiger partial charge is 0.494 e. The predicted molar refractivity (Wildman–Crippen MR) is 134 cm³/mol. The van der Waals surface area contributed by atoms with Crippen LogP contribution in [0.5, 0.6) is 11.5 Å². The zero-order valence-electron chi connectivity index (χ0n) is 19.3. The van der Waals surface area contributed by atoms with E-state index in [2.05, 4.69) is 39.5 Å². The van der Waals surface area contributed by atoms with E-state index in [1.807, 2.05) is 44.4 Å². The van der Waals surface area contributed by atoms with Crippen LogP contribution in [-0.2, 0) is 13.0 Å². The highest BCUT2D eigenvalue weighted by Gasteiger charge is 2.18. The monoisotopic (exact) mass is 453 g/mol. The molecule has 32 heavy (non-hydrogen) atoms. The fourth-order valence-corrected chi connectivity index (χ4v) is 4.21. The summed E-state index contributed by atoms with van der Waals surface area (Å²) >= 11 is 5.82. The number of nitrogens with zero attached hydrogens (tertiary/aromatic N) is 2. The zero-order valence-corrected chi connectivity index (χ0v) is 20.1. The Morgan fingerprint density at radius 2 is 2.06 bits per heavy atom. The summed E-state index contributed by atoms with van der Waals surface area (Å²) in [7, 11) is 0. The minimum atomic E-state index is 0.628. The number of aromatic nitrogens is 1. The van der Waals surface area contributed by atoms with Crippen LogP contribution < -0.4 is 14.8 Å². The average Bonchev–Trinajstić information content (AvgIpc) is 2.82. The number of benzene rings is 1. The van der Waals surface area contributed by atoms with Crippen molar-refractivity contribution >= 4 is 17.3 Å². The summed E-state index contributed by atoms with van der Waals surface area (Å²) in [6.07, 6.45) is 12.6.